The van der Waals surface area contributed by atoms with Gasteiger partial charge in [0.25, 0.3) is 0 Å². The van der Waals surface area contributed by atoms with Crippen molar-refractivity contribution >= 4 is 67.3 Å². The lowest BCUT2D eigenvalue weighted by molar-refractivity contribution is -0.136. The van der Waals surface area contributed by atoms with Crippen LogP contribution in [0.1, 0.15) is 39.0 Å². The molecule has 0 saturated carbocycles. The molecule has 0 radical (unpaired) electrons. The average Bonchev–Trinajstić information content (AvgIpc) is 2.84. The second-order valence-corrected chi connectivity index (χ2v) is 12.3. The first-order valence-electron chi connectivity index (χ1n) is 12.0. The number of nitrogens with zero attached hydrogens (tertiary/aromatic N) is 2. The lowest BCUT2D eigenvalue weighted by Gasteiger charge is -2.40. The molecule has 2 heterocycles. The van der Waals surface area contributed by atoms with Crippen molar-refractivity contribution < 1.29 is 13.2 Å². The van der Waals surface area contributed by atoms with Crippen molar-refractivity contribution in [2.45, 2.75) is 55.3 Å². The summed E-state index contributed by atoms with van der Waals surface area (Å²) in [6.45, 7) is 5.80. The number of carbonyl (C=O) groups is 1. The molecule has 196 valence electrons. The van der Waals surface area contributed by atoms with Crippen molar-refractivity contribution in [3.05, 3.63) is 40.9 Å². The Morgan fingerprint density at radius 1 is 1.06 bits per heavy atom. The summed E-state index contributed by atoms with van der Waals surface area (Å²) in [5.41, 5.74) is 0. The Morgan fingerprint density at radius 3 is 2.29 bits per heavy atom. The minimum absolute atomic E-state index is 0. The molecule has 4 rings (SSSR count). The molecule has 0 aromatic heterocycles. The van der Waals surface area contributed by atoms with Crippen molar-refractivity contribution in [1.82, 2.24) is 15.1 Å². The molecule has 35 heavy (non-hydrogen) atoms. The first-order chi connectivity index (χ1) is 15.8. The fourth-order valence-corrected chi connectivity index (χ4v) is 7.54. The Bertz CT molecular complexity index is 1100. The van der Waals surface area contributed by atoms with Gasteiger partial charge >= 0.3 is 0 Å². The van der Waals surface area contributed by atoms with Crippen LogP contribution in [0.5, 0.6) is 0 Å². The van der Waals surface area contributed by atoms with Crippen molar-refractivity contribution in [3.8, 4) is 0 Å². The van der Waals surface area contributed by atoms with Crippen LogP contribution in [0.3, 0.4) is 0 Å². The number of hydrogen-bond acceptors (Lipinski definition) is 5. The minimum atomic E-state index is -3.69. The van der Waals surface area contributed by atoms with Crippen LogP contribution in [-0.2, 0) is 14.6 Å². The van der Waals surface area contributed by atoms with Crippen LogP contribution in [-0.4, -0.2) is 68.8 Å². The molecule has 6 nitrogen and oxygen atoms in total. The topological polar surface area (TPSA) is 69.7 Å². The largest absolute Gasteiger partial charge is 0.328 e. The maximum atomic E-state index is 13.5. The van der Waals surface area contributed by atoms with Gasteiger partial charge in [0.15, 0.2) is 9.84 Å². The van der Waals surface area contributed by atoms with E-state index < -0.39 is 15.2 Å². The fourth-order valence-electron chi connectivity index (χ4n) is 5.34. The van der Waals surface area contributed by atoms with Gasteiger partial charge in [0.1, 0.15) is 5.37 Å². The van der Waals surface area contributed by atoms with E-state index in [0.29, 0.717) is 12.5 Å². The van der Waals surface area contributed by atoms with Crippen molar-refractivity contribution in [3.63, 3.8) is 0 Å². The van der Waals surface area contributed by atoms with Crippen LogP contribution < -0.4 is 5.32 Å². The molecule has 1 unspecified atom stereocenters. The quantitative estimate of drug-likeness (QED) is 0.506. The SMILES string of the molecule is CCC(N(C)C(=O)C1CCN(C2CCNCC2)CC1)S(=O)(=O)c1ccc2cc(Br)ccc2c1.Cl.Cl. The number of fused-ring (bicyclic) bond motifs is 1. The number of sulfone groups is 1. The van der Waals surface area contributed by atoms with Crippen LogP contribution in [0.25, 0.3) is 10.8 Å². The monoisotopic (exact) mass is 607 g/mol. The summed E-state index contributed by atoms with van der Waals surface area (Å²) in [6.07, 6.45) is 4.29. The third kappa shape index (κ3) is 6.70. The van der Waals surface area contributed by atoms with Gasteiger partial charge in [0.2, 0.25) is 5.91 Å². The van der Waals surface area contributed by atoms with Gasteiger partial charge in [-0.3, -0.25) is 4.79 Å². The van der Waals surface area contributed by atoms with E-state index in [0.717, 1.165) is 67.1 Å². The van der Waals surface area contributed by atoms with Crippen LogP contribution in [0.4, 0.5) is 0 Å². The minimum Gasteiger partial charge on any atom is -0.328 e. The van der Waals surface area contributed by atoms with Crippen LogP contribution in [0, 0.1) is 5.92 Å². The Hall–Kier alpha value is -0.900. The Labute approximate surface area is 230 Å². The number of nitrogens with one attached hydrogen (secondary N) is 1. The Balaban J connectivity index is 0.00000216. The molecule has 0 bridgehead atoms. The summed E-state index contributed by atoms with van der Waals surface area (Å²) in [5, 5.41) is 4.39. The highest BCUT2D eigenvalue weighted by Crippen LogP contribution is 2.29. The molecular weight excluding hydrogens is 573 g/mol. The normalized spacial score (nSPS) is 18.9. The predicted molar refractivity (Wildman–Crippen MR) is 150 cm³/mol. The van der Waals surface area contributed by atoms with E-state index in [2.05, 4.69) is 26.1 Å². The molecule has 2 aromatic rings. The average molecular weight is 609 g/mol. The van der Waals surface area contributed by atoms with E-state index >= 15 is 0 Å². The fraction of sp³-hybridized carbons (Fsp3) is 0.560. The molecule has 10 heteroatoms. The molecule has 2 saturated heterocycles. The summed E-state index contributed by atoms with van der Waals surface area (Å²) in [5.74, 6) is -0.147. The van der Waals surface area contributed by atoms with Gasteiger partial charge in [0.05, 0.1) is 4.90 Å². The molecule has 1 N–H and O–H groups in total. The summed E-state index contributed by atoms with van der Waals surface area (Å²) in [7, 11) is -2.03. The number of hydrogen-bond donors (Lipinski definition) is 1. The van der Waals surface area contributed by atoms with Gasteiger partial charge in [0, 0.05) is 23.5 Å². The number of benzene rings is 2. The maximum absolute atomic E-state index is 13.5. The van der Waals surface area contributed by atoms with Gasteiger partial charge in [-0.2, -0.15) is 0 Å². The molecule has 0 aliphatic carbocycles. The van der Waals surface area contributed by atoms with Crippen LogP contribution in [0.15, 0.2) is 45.8 Å². The number of amides is 1. The van der Waals surface area contributed by atoms with E-state index in [1.165, 1.54) is 4.90 Å². The maximum Gasteiger partial charge on any atom is 0.226 e. The lowest BCUT2D eigenvalue weighted by Crippen LogP contribution is -2.50. The molecule has 0 spiro atoms. The molecule has 2 aliphatic rings. The summed E-state index contributed by atoms with van der Waals surface area (Å²) < 4.78 is 28.0. The smallest absolute Gasteiger partial charge is 0.226 e. The van der Waals surface area contributed by atoms with Gasteiger partial charge in [-0.05, 0) is 93.3 Å². The number of carbonyl (C=O) groups excluding carboxylic acids is 1. The van der Waals surface area contributed by atoms with Crippen LogP contribution in [0.2, 0.25) is 0 Å². The second kappa shape index (κ2) is 13.1. The number of halogens is 3. The molecule has 1 atom stereocenters. The number of rotatable bonds is 6. The summed E-state index contributed by atoms with van der Waals surface area (Å²) >= 11 is 3.46. The summed E-state index contributed by atoms with van der Waals surface area (Å²) in [4.78, 5) is 17.6. The Morgan fingerprint density at radius 2 is 1.66 bits per heavy atom. The standard InChI is InChI=1S/C25H34BrN3O3S.2ClH/c1-3-24(33(31,32)23-7-5-19-16-21(26)6-4-20(19)17-23)28(2)25(30)18-10-14-29(15-11-18)22-8-12-27-13-9-22;;/h4-7,16-18,22,24,27H,3,8-15H2,1-2H3;2*1H. The first-order valence-corrected chi connectivity index (χ1v) is 14.3. The number of piperidine rings is 2. The van der Waals surface area contributed by atoms with Crippen LogP contribution >= 0.6 is 40.7 Å². The zero-order chi connectivity index (χ0) is 23.6. The molecule has 2 aliphatic heterocycles. The summed E-state index contributed by atoms with van der Waals surface area (Å²) in [6, 6.07) is 11.6. The molecule has 2 fully saturated rings. The predicted octanol–water partition coefficient (Wildman–Crippen LogP) is 4.88. The van der Waals surface area contributed by atoms with Gasteiger partial charge in [-0.15, -0.1) is 24.8 Å². The van der Waals surface area contributed by atoms with E-state index in [4.69, 9.17) is 0 Å². The Kier molecular flexibility index (Phi) is 11.3. The molecule has 1 amide bonds. The third-order valence-corrected chi connectivity index (χ3v) is 10.1. The van der Waals surface area contributed by atoms with E-state index in [9.17, 15) is 13.2 Å². The highest BCUT2D eigenvalue weighted by Gasteiger charge is 2.37. The van der Waals surface area contributed by atoms with Crippen molar-refractivity contribution in [1.29, 1.82) is 0 Å². The lowest BCUT2D eigenvalue weighted by atomic mass is 9.92. The van der Waals surface area contributed by atoms with E-state index in [1.807, 2.05) is 31.2 Å². The number of likely N-dealkylation sites (tertiary alicyclic amines) is 1. The molecular formula is C25H36BrCl2N3O3S. The second-order valence-electron chi connectivity index (χ2n) is 9.30. The van der Waals surface area contributed by atoms with Gasteiger partial charge in [-0.1, -0.05) is 35.0 Å². The van der Waals surface area contributed by atoms with Crippen molar-refractivity contribution in [2.24, 2.45) is 5.92 Å². The zero-order valence-corrected chi connectivity index (χ0v) is 24.3. The van der Waals surface area contributed by atoms with E-state index in [-0.39, 0.29) is 41.5 Å². The highest BCUT2D eigenvalue weighted by atomic mass is 79.9. The highest BCUT2D eigenvalue weighted by molar-refractivity contribution is 9.10. The first kappa shape index (κ1) is 30.3. The van der Waals surface area contributed by atoms with Gasteiger partial charge < -0.3 is 15.1 Å². The molecule has 2 aromatic carbocycles. The third-order valence-electron chi connectivity index (χ3n) is 7.29. The van der Waals surface area contributed by atoms with Gasteiger partial charge in [-0.25, -0.2) is 8.42 Å². The van der Waals surface area contributed by atoms with E-state index in [1.54, 1.807) is 19.2 Å². The van der Waals surface area contributed by atoms with Crippen molar-refractivity contribution in [2.75, 3.05) is 33.2 Å². The zero-order valence-electron chi connectivity index (χ0n) is 20.3.